The average molecular weight is 390 g/mol. The number of benzene rings is 2. The van der Waals surface area contributed by atoms with Crippen LogP contribution in [-0.2, 0) is 17.8 Å². The molecule has 4 rings (SSSR count). The van der Waals surface area contributed by atoms with Crippen LogP contribution in [0.4, 0.5) is 5.69 Å². The number of hydrogen-bond acceptors (Lipinski definition) is 4. The number of aromatic amines is 1. The summed E-state index contributed by atoms with van der Waals surface area (Å²) in [5.41, 5.74) is 2.84. The van der Waals surface area contributed by atoms with E-state index in [1.54, 1.807) is 41.0 Å². The van der Waals surface area contributed by atoms with E-state index in [-0.39, 0.29) is 23.9 Å². The maximum absolute atomic E-state index is 13.1. The first-order chi connectivity index (χ1) is 14.0. The van der Waals surface area contributed by atoms with E-state index in [9.17, 15) is 14.4 Å². The monoisotopic (exact) mass is 390 g/mol. The van der Waals surface area contributed by atoms with Gasteiger partial charge in [0.05, 0.1) is 17.4 Å². The van der Waals surface area contributed by atoms with E-state index in [2.05, 4.69) is 9.97 Å². The van der Waals surface area contributed by atoms with Crippen molar-refractivity contribution in [1.29, 1.82) is 0 Å². The zero-order valence-corrected chi connectivity index (χ0v) is 16.4. The lowest BCUT2D eigenvalue weighted by molar-refractivity contribution is -0.116. The summed E-state index contributed by atoms with van der Waals surface area (Å²) < 4.78 is 0. The SMILES string of the molecule is CCN(Cc1nc2ccccc2c(=O)[nH]1)C(=O)c1ccc2c(c1)CCN2C(C)=O. The summed E-state index contributed by atoms with van der Waals surface area (Å²) in [6, 6.07) is 12.6. The molecule has 29 heavy (non-hydrogen) atoms. The number of carbonyl (C=O) groups excluding carboxylic acids is 2. The summed E-state index contributed by atoms with van der Waals surface area (Å²) in [7, 11) is 0. The number of nitrogens with one attached hydrogen (secondary N) is 1. The molecule has 2 aromatic carbocycles. The first kappa shape index (κ1) is 18.9. The average Bonchev–Trinajstić information content (AvgIpc) is 3.15. The third-order valence-corrected chi connectivity index (χ3v) is 5.27. The fraction of sp³-hybridized carbons (Fsp3) is 0.273. The summed E-state index contributed by atoms with van der Waals surface area (Å²) in [5, 5.41) is 0.527. The number of para-hydroxylation sites is 1. The maximum Gasteiger partial charge on any atom is 0.258 e. The van der Waals surface area contributed by atoms with Gasteiger partial charge in [-0.1, -0.05) is 12.1 Å². The van der Waals surface area contributed by atoms with Crippen LogP contribution in [0.15, 0.2) is 47.3 Å². The highest BCUT2D eigenvalue weighted by Crippen LogP contribution is 2.29. The summed E-state index contributed by atoms with van der Waals surface area (Å²) in [6.07, 6.45) is 0.738. The summed E-state index contributed by atoms with van der Waals surface area (Å²) in [4.78, 5) is 47.7. The highest BCUT2D eigenvalue weighted by molar-refractivity contribution is 5.97. The van der Waals surface area contributed by atoms with E-state index < -0.39 is 0 Å². The Hall–Kier alpha value is -3.48. The predicted octanol–water partition coefficient (Wildman–Crippen LogP) is 2.49. The van der Waals surface area contributed by atoms with E-state index in [1.165, 1.54) is 0 Å². The molecule has 0 spiro atoms. The van der Waals surface area contributed by atoms with Crippen molar-refractivity contribution in [3.8, 4) is 0 Å². The molecule has 2 heterocycles. The molecule has 2 amide bonds. The van der Waals surface area contributed by atoms with Gasteiger partial charge in [-0.15, -0.1) is 0 Å². The van der Waals surface area contributed by atoms with Crippen molar-refractivity contribution in [2.75, 3.05) is 18.0 Å². The van der Waals surface area contributed by atoms with Crippen molar-refractivity contribution in [2.24, 2.45) is 0 Å². The highest BCUT2D eigenvalue weighted by Gasteiger charge is 2.24. The van der Waals surface area contributed by atoms with Gasteiger partial charge in [0.15, 0.2) is 0 Å². The van der Waals surface area contributed by atoms with Gasteiger partial charge in [-0.25, -0.2) is 4.98 Å². The summed E-state index contributed by atoms with van der Waals surface area (Å²) in [6.45, 7) is 4.77. The van der Waals surface area contributed by atoms with Gasteiger partial charge in [-0.2, -0.15) is 0 Å². The number of nitrogens with zero attached hydrogens (tertiary/aromatic N) is 3. The first-order valence-electron chi connectivity index (χ1n) is 9.66. The topological polar surface area (TPSA) is 86.4 Å². The number of hydrogen-bond donors (Lipinski definition) is 1. The second-order valence-electron chi connectivity index (χ2n) is 7.11. The molecule has 0 bridgehead atoms. The Bertz CT molecular complexity index is 1170. The molecule has 7 heteroatoms. The minimum Gasteiger partial charge on any atom is -0.331 e. The molecule has 0 atom stereocenters. The van der Waals surface area contributed by atoms with Gasteiger partial charge in [0, 0.05) is 31.3 Å². The van der Waals surface area contributed by atoms with Crippen LogP contribution in [0.5, 0.6) is 0 Å². The number of rotatable bonds is 4. The van der Waals surface area contributed by atoms with Crippen molar-refractivity contribution >= 4 is 28.4 Å². The number of fused-ring (bicyclic) bond motifs is 2. The molecule has 3 aromatic rings. The number of carbonyl (C=O) groups is 2. The number of amides is 2. The molecule has 1 aliphatic rings. The van der Waals surface area contributed by atoms with E-state index >= 15 is 0 Å². The van der Waals surface area contributed by atoms with Crippen LogP contribution in [0.3, 0.4) is 0 Å². The number of aromatic nitrogens is 2. The van der Waals surface area contributed by atoms with E-state index in [4.69, 9.17) is 0 Å². The largest absolute Gasteiger partial charge is 0.331 e. The van der Waals surface area contributed by atoms with Crippen LogP contribution in [-0.4, -0.2) is 39.8 Å². The molecule has 0 saturated heterocycles. The zero-order valence-electron chi connectivity index (χ0n) is 16.4. The fourth-order valence-electron chi connectivity index (χ4n) is 3.76. The highest BCUT2D eigenvalue weighted by atomic mass is 16.2. The van der Waals surface area contributed by atoms with Crippen LogP contribution in [0.2, 0.25) is 0 Å². The molecule has 1 aliphatic heterocycles. The van der Waals surface area contributed by atoms with Gasteiger partial charge >= 0.3 is 0 Å². The lowest BCUT2D eigenvalue weighted by Gasteiger charge is -2.21. The Labute approximate surface area is 168 Å². The molecular weight excluding hydrogens is 368 g/mol. The third kappa shape index (κ3) is 3.51. The third-order valence-electron chi connectivity index (χ3n) is 5.27. The maximum atomic E-state index is 13.1. The number of anilines is 1. The Balaban J connectivity index is 1.59. The molecule has 0 saturated carbocycles. The second kappa shape index (κ2) is 7.50. The Morgan fingerprint density at radius 1 is 1.21 bits per heavy atom. The molecule has 0 fully saturated rings. The molecule has 0 aliphatic carbocycles. The fourth-order valence-corrected chi connectivity index (χ4v) is 3.76. The molecule has 0 radical (unpaired) electrons. The molecular formula is C22H22N4O3. The van der Waals surface area contributed by atoms with Crippen molar-refractivity contribution in [3.05, 3.63) is 69.8 Å². The molecule has 7 nitrogen and oxygen atoms in total. The standard InChI is InChI=1S/C22H22N4O3/c1-3-25(13-20-23-18-7-5-4-6-17(18)21(28)24-20)22(29)16-8-9-19-15(12-16)10-11-26(19)14(2)27/h4-9,12H,3,10-11,13H2,1-2H3,(H,23,24,28). The van der Waals surface area contributed by atoms with Crippen LogP contribution < -0.4 is 10.5 Å². The zero-order chi connectivity index (χ0) is 20.5. The quantitative estimate of drug-likeness (QED) is 0.742. The molecule has 1 aromatic heterocycles. The molecule has 1 N–H and O–H groups in total. The minimum absolute atomic E-state index is 0.00402. The molecule has 148 valence electrons. The Kier molecular flexibility index (Phi) is 4.88. The van der Waals surface area contributed by atoms with Gasteiger partial charge in [0.1, 0.15) is 5.82 Å². The molecule has 0 unspecified atom stereocenters. The van der Waals surface area contributed by atoms with Crippen LogP contribution in [0.25, 0.3) is 10.9 Å². The van der Waals surface area contributed by atoms with Crippen LogP contribution >= 0.6 is 0 Å². The second-order valence-corrected chi connectivity index (χ2v) is 7.11. The van der Waals surface area contributed by atoms with Gasteiger partial charge in [-0.3, -0.25) is 14.4 Å². The van der Waals surface area contributed by atoms with E-state index in [0.29, 0.717) is 35.4 Å². The van der Waals surface area contributed by atoms with Crippen molar-refractivity contribution < 1.29 is 9.59 Å². The van der Waals surface area contributed by atoms with Crippen molar-refractivity contribution in [1.82, 2.24) is 14.9 Å². The van der Waals surface area contributed by atoms with Gasteiger partial charge < -0.3 is 14.8 Å². The van der Waals surface area contributed by atoms with E-state index in [1.807, 2.05) is 25.1 Å². The van der Waals surface area contributed by atoms with Gasteiger partial charge in [-0.05, 0) is 49.2 Å². The van der Waals surface area contributed by atoms with Crippen LogP contribution in [0, 0.1) is 0 Å². The first-order valence-corrected chi connectivity index (χ1v) is 9.66. The summed E-state index contributed by atoms with van der Waals surface area (Å²) in [5.74, 6) is 0.324. The lowest BCUT2D eigenvalue weighted by Crippen LogP contribution is -2.32. The Morgan fingerprint density at radius 2 is 2.00 bits per heavy atom. The lowest BCUT2D eigenvalue weighted by atomic mass is 10.1. The summed E-state index contributed by atoms with van der Waals surface area (Å²) >= 11 is 0. The normalized spacial score (nSPS) is 12.8. The smallest absolute Gasteiger partial charge is 0.258 e. The predicted molar refractivity (Wildman–Crippen MR) is 111 cm³/mol. The number of H-pyrrole nitrogens is 1. The van der Waals surface area contributed by atoms with E-state index in [0.717, 1.165) is 17.7 Å². The minimum atomic E-state index is -0.212. The van der Waals surface area contributed by atoms with Crippen molar-refractivity contribution in [3.63, 3.8) is 0 Å². The van der Waals surface area contributed by atoms with Crippen molar-refractivity contribution in [2.45, 2.75) is 26.8 Å². The Morgan fingerprint density at radius 3 is 2.76 bits per heavy atom. The van der Waals surface area contributed by atoms with Gasteiger partial charge in [0.2, 0.25) is 5.91 Å². The van der Waals surface area contributed by atoms with Gasteiger partial charge in [0.25, 0.3) is 11.5 Å². The van der Waals surface area contributed by atoms with Crippen LogP contribution in [0.1, 0.15) is 35.6 Å².